The SMILES string of the molecule is Bc1cccc2c1Sc1ccccc1S2. The number of fused-ring (bicyclic) bond motifs is 2. The Morgan fingerprint density at radius 1 is 0.733 bits per heavy atom. The molecule has 0 fully saturated rings. The van der Waals surface area contributed by atoms with Gasteiger partial charge < -0.3 is 0 Å². The van der Waals surface area contributed by atoms with E-state index in [1.165, 1.54) is 25.0 Å². The van der Waals surface area contributed by atoms with Crippen molar-refractivity contribution in [2.24, 2.45) is 0 Å². The van der Waals surface area contributed by atoms with Crippen molar-refractivity contribution < 1.29 is 0 Å². The van der Waals surface area contributed by atoms with Crippen molar-refractivity contribution in [2.75, 3.05) is 0 Å². The predicted octanol–water partition coefficient (Wildman–Crippen LogP) is 2.56. The Bertz CT molecular complexity index is 523. The number of benzene rings is 2. The number of rotatable bonds is 0. The van der Waals surface area contributed by atoms with Crippen LogP contribution >= 0.6 is 23.5 Å². The third kappa shape index (κ3) is 1.60. The lowest BCUT2D eigenvalue weighted by Crippen LogP contribution is -2.08. The molecule has 2 aromatic carbocycles. The van der Waals surface area contributed by atoms with Gasteiger partial charge in [-0.25, -0.2) is 0 Å². The van der Waals surface area contributed by atoms with E-state index in [-0.39, 0.29) is 0 Å². The average molecular weight is 228 g/mol. The molecule has 1 heterocycles. The molecule has 1 aliphatic rings. The smallest absolute Gasteiger partial charge is 0.0883 e. The van der Waals surface area contributed by atoms with E-state index in [1.807, 2.05) is 23.5 Å². The second-order valence-corrected chi connectivity index (χ2v) is 5.69. The van der Waals surface area contributed by atoms with Crippen LogP contribution in [0.4, 0.5) is 0 Å². The van der Waals surface area contributed by atoms with Crippen LogP contribution in [0.2, 0.25) is 0 Å². The van der Waals surface area contributed by atoms with Crippen molar-refractivity contribution in [2.45, 2.75) is 19.6 Å². The summed E-state index contributed by atoms with van der Waals surface area (Å²) >= 11 is 3.76. The Morgan fingerprint density at radius 3 is 2.20 bits per heavy atom. The monoisotopic (exact) mass is 228 g/mol. The summed E-state index contributed by atoms with van der Waals surface area (Å²) in [6, 6.07) is 15.1. The second kappa shape index (κ2) is 3.65. The molecule has 0 radical (unpaired) electrons. The van der Waals surface area contributed by atoms with Gasteiger partial charge in [-0.1, -0.05) is 53.3 Å². The van der Waals surface area contributed by atoms with Gasteiger partial charge in [0.15, 0.2) is 0 Å². The highest BCUT2D eigenvalue weighted by Crippen LogP contribution is 2.47. The Kier molecular flexibility index (Phi) is 2.30. The minimum Gasteiger partial charge on any atom is -0.0883 e. The molecule has 3 heteroatoms. The minimum absolute atomic E-state index is 1.37. The third-order valence-electron chi connectivity index (χ3n) is 2.46. The van der Waals surface area contributed by atoms with Gasteiger partial charge in [-0.2, -0.15) is 0 Å². The van der Waals surface area contributed by atoms with Crippen molar-refractivity contribution in [3.63, 3.8) is 0 Å². The Morgan fingerprint density at radius 2 is 1.40 bits per heavy atom. The average Bonchev–Trinajstić information content (AvgIpc) is 2.27. The molecule has 0 unspecified atom stereocenters. The van der Waals surface area contributed by atoms with Crippen LogP contribution in [0.15, 0.2) is 62.0 Å². The highest BCUT2D eigenvalue weighted by molar-refractivity contribution is 8.05. The zero-order chi connectivity index (χ0) is 10.3. The van der Waals surface area contributed by atoms with Gasteiger partial charge in [0.25, 0.3) is 0 Å². The van der Waals surface area contributed by atoms with Crippen LogP contribution in [0, 0.1) is 0 Å². The summed E-state index contributed by atoms with van der Waals surface area (Å²) in [5.41, 5.74) is 1.37. The molecular formula is C12H9BS2. The first kappa shape index (κ1) is 9.43. The molecule has 0 spiro atoms. The normalized spacial score (nSPS) is 13.1. The standard InChI is InChI=1S/C12H9BS2/c13-8-4-3-7-11-12(8)15-10-6-2-1-5-9(10)14-11/h1-7H,13H2. The molecular weight excluding hydrogens is 219 g/mol. The quantitative estimate of drug-likeness (QED) is 0.542. The number of hydrogen-bond donors (Lipinski definition) is 0. The van der Waals surface area contributed by atoms with Gasteiger partial charge in [-0.15, -0.1) is 0 Å². The van der Waals surface area contributed by atoms with E-state index < -0.39 is 0 Å². The van der Waals surface area contributed by atoms with E-state index >= 15 is 0 Å². The highest BCUT2D eigenvalue weighted by Gasteiger charge is 2.16. The fraction of sp³-hybridized carbons (Fsp3) is 0. The molecule has 15 heavy (non-hydrogen) atoms. The maximum atomic E-state index is 2.20. The maximum Gasteiger partial charge on any atom is 0.140 e. The predicted molar refractivity (Wildman–Crippen MR) is 69.3 cm³/mol. The lowest BCUT2D eigenvalue weighted by atomic mass is 9.96. The van der Waals surface area contributed by atoms with E-state index in [0.717, 1.165) is 0 Å². The van der Waals surface area contributed by atoms with E-state index in [4.69, 9.17) is 0 Å². The Labute approximate surface area is 98.9 Å². The van der Waals surface area contributed by atoms with E-state index in [2.05, 4.69) is 50.3 Å². The lowest BCUT2D eigenvalue weighted by molar-refractivity contribution is 1.17. The molecule has 0 N–H and O–H groups in total. The minimum atomic E-state index is 1.37. The third-order valence-corrected chi connectivity index (χ3v) is 5.17. The fourth-order valence-electron chi connectivity index (χ4n) is 1.68. The van der Waals surface area contributed by atoms with Crippen molar-refractivity contribution in [3.05, 3.63) is 42.5 Å². The van der Waals surface area contributed by atoms with Crippen LogP contribution < -0.4 is 5.46 Å². The molecule has 0 aromatic heterocycles. The molecule has 0 nitrogen and oxygen atoms in total. The second-order valence-electron chi connectivity index (χ2n) is 3.55. The van der Waals surface area contributed by atoms with E-state index in [1.54, 1.807) is 0 Å². The molecule has 0 aliphatic carbocycles. The van der Waals surface area contributed by atoms with Gasteiger partial charge in [0.2, 0.25) is 0 Å². The topological polar surface area (TPSA) is 0 Å². The van der Waals surface area contributed by atoms with Gasteiger partial charge in [0, 0.05) is 19.6 Å². The molecule has 0 amide bonds. The zero-order valence-electron chi connectivity index (χ0n) is 8.36. The van der Waals surface area contributed by atoms with Crippen LogP contribution in [-0.2, 0) is 0 Å². The highest BCUT2D eigenvalue weighted by atomic mass is 32.2. The molecule has 0 bridgehead atoms. The zero-order valence-corrected chi connectivity index (χ0v) is 9.99. The van der Waals surface area contributed by atoms with Crippen molar-refractivity contribution in [1.82, 2.24) is 0 Å². The summed E-state index contributed by atoms with van der Waals surface area (Å²) < 4.78 is 0. The van der Waals surface area contributed by atoms with Crippen LogP contribution in [0.1, 0.15) is 0 Å². The van der Waals surface area contributed by atoms with Crippen molar-refractivity contribution in [1.29, 1.82) is 0 Å². The Hall–Kier alpha value is -0.795. The molecule has 3 rings (SSSR count). The first-order valence-corrected chi connectivity index (χ1v) is 6.52. The fourth-order valence-corrected chi connectivity index (χ4v) is 4.07. The summed E-state index contributed by atoms with van der Waals surface area (Å²) in [4.78, 5) is 5.56. The van der Waals surface area contributed by atoms with Crippen LogP contribution in [0.5, 0.6) is 0 Å². The van der Waals surface area contributed by atoms with Gasteiger partial charge in [-0.3, -0.25) is 0 Å². The van der Waals surface area contributed by atoms with Crippen LogP contribution in [0.3, 0.4) is 0 Å². The van der Waals surface area contributed by atoms with Gasteiger partial charge in [0.05, 0.1) is 0 Å². The summed E-state index contributed by atoms with van der Waals surface area (Å²) in [5, 5.41) is 0. The van der Waals surface area contributed by atoms with Crippen LogP contribution in [-0.4, -0.2) is 7.85 Å². The lowest BCUT2D eigenvalue weighted by Gasteiger charge is -2.19. The largest absolute Gasteiger partial charge is 0.140 e. The molecule has 1 aliphatic heterocycles. The summed E-state index contributed by atoms with van der Waals surface area (Å²) in [7, 11) is 2.18. The summed E-state index contributed by atoms with van der Waals surface area (Å²) in [6.07, 6.45) is 0. The van der Waals surface area contributed by atoms with Crippen molar-refractivity contribution >= 4 is 36.8 Å². The van der Waals surface area contributed by atoms with Gasteiger partial charge in [0.1, 0.15) is 7.85 Å². The molecule has 0 saturated carbocycles. The summed E-state index contributed by atoms with van der Waals surface area (Å²) in [6.45, 7) is 0. The first-order valence-electron chi connectivity index (χ1n) is 4.89. The summed E-state index contributed by atoms with van der Waals surface area (Å²) in [5.74, 6) is 0. The first-order chi connectivity index (χ1) is 7.34. The number of hydrogen-bond acceptors (Lipinski definition) is 2. The van der Waals surface area contributed by atoms with Gasteiger partial charge >= 0.3 is 0 Å². The maximum absolute atomic E-state index is 2.20. The molecule has 72 valence electrons. The molecule has 0 atom stereocenters. The molecule has 0 saturated heterocycles. The van der Waals surface area contributed by atoms with Gasteiger partial charge in [-0.05, 0) is 18.2 Å². The van der Waals surface area contributed by atoms with Crippen molar-refractivity contribution in [3.8, 4) is 0 Å². The molecule has 2 aromatic rings. The van der Waals surface area contributed by atoms with Crippen LogP contribution in [0.25, 0.3) is 0 Å². The van der Waals surface area contributed by atoms with E-state index in [0.29, 0.717) is 0 Å². The Balaban J connectivity index is 2.15. The van der Waals surface area contributed by atoms with E-state index in [9.17, 15) is 0 Å².